The molecule has 1 fully saturated rings. The highest BCUT2D eigenvalue weighted by Gasteiger charge is 2.30. The fraction of sp³-hybridized carbons (Fsp3) is 0.611. The molecule has 2 rings (SSSR count). The van der Waals surface area contributed by atoms with Gasteiger partial charge in [0.15, 0.2) is 0 Å². The van der Waals surface area contributed by atoms with Gasteiger partial charge in [0.1, 0.15) is 0 Å². The minimum Gasteiger partial charge on any atom is -0.352 e. The lowest BCUT2D eigenvalue weighted by Gasteiger charge is -2.30. The molecule has 1 heterocycles. The van der Waals surface area contributed by atoms with Crippen LogP contribution in [0.2, 0.25) is 0 Å². The zero-order valence-electron chi connectivity index (χ0n) is 14.6. The lowest BCUT2D eigenvalue weighted by Crippen LogP contribution is -2.43. The molecule has 24 heavy (non-hydrogen) atoms. The summed E-state index contributed by atoms with van der Waals surface area (Å²) in [7, 11) is -3.15. The molecule has 5 nitrogen and oxygen atoms in total. The van der Waals surface area contributed by atoms with Crippen molar-refractivity contribution in [1.82, 2.24) is 9.62 Å². The summed E-state index contributed by atoms with van der Waals surface area (Å²) in [5, 5.41) is 2.98. The fourth-order valence-electron chi connectivity index (χ4n) is 3.01. The van der Waals surface area contributed by atoms with E-state index in [0.717, 1.165) is 12.0 Å². The molecule has 1 aliphatic rings. The molecule has 1 saturated heterocycles. The van der Waals surface area contributed by atoms with Crippen LogP contribution in [-0.4, -0.2) is 37.5 Å². The number of carbonyl (C=O) groups is 1. The van der Waals surface area contributed by atoms with E-state index in [-0.39, 0.29) is 17.6 Å². The van der Waals surface area contributed by atoms with Gasteiger partial charge in [-0.3, -0.25) is 4.79 Å². The number of rotatable bonds is 7. The van der Waals surface area contributed by atoms with Crippen LogP contribution in [0.5, 0.6) is 0 Å². The summed E-state index contributed by atoms with van der Waals surface area (Å²) in [4.78, 5) is 12.3. The largest absolute Gasteiger partial charge is 0.352 e. The summed E-state index contributed by atoms with van der Waals surface area (Å²) < 4.78 is 25.9. The first-order valence-electron chi connectivity index (χ1n) is 8.73. The van der Waals surface area contributed by atoms with Crippen molar-refractivity contribution in [2.24, 2.45) is 5.92 Å². The first kappa shape index (κ1) is 18.9. The molecule has 0 aliphatic carbocycles. The maximum absolute atomic E-state index is 12.3. The average Bonchev–Trinajstić information content (AvgIpc) is 2.58. The number of hydrogen-bond donors (Lipinski definition) is 1. The molecule has 0 spiro atoms. The SMILES string of the molecule is CCCCS(=O)(=O)N1CCC(C(=O)NCc2cccc(C)c2)CC1. The molecule has 0 unspecified atom stereocenters. The lowest BCUT2D eigenvalue weighted by molar-refractivity contribution is -0.126. The van der Waals surface area contributed by atoms with Crippen molar-refractivity contribution >= 4 is 15.9 Å². The van der Waals surface area contributed by atoms with Crippen LogP contribution >= 0.6 is 0 Å². The normalized spacial score (nSPS) is 16.9. The second kappa shape index (κ2) is 8.62. The van der Waals surface area contributed by atoms with Gasteiger partial charge in [0.25, 0.3) is 0 Å². The number of aryl methyl sites for hydroxylation is 1. The first-order valence-corrected chi connectivity index (χ1v) is 10.3. The number of nitrogens with zero attached hydrogens (tertiary/aromatic N) is 1. The van der Waals surface area contributed by atoms with Gasteiger partial charge in [-0.25, -0.2) is 12.7 Å². The predicted octanol–water partition coefficient (Wildman–Crippen LogP) is 2.45. The Morgan fingerprint density at radius 1 is 1.29 bits per heavy atom. The predicted molar refractivity (Wildman–Crippen MR) is 96.0 cm³/mol. The van der Waals surface area contributed by atoms with E-state index in [1.54, 1.807) is 4.31 Å². The highest BCUT2D eigenvalue weighted by molar-refractivity contribution is 7.89. The molecule has 1 aliphatic heterocycles. The van der Waals surface area contributed by atoms with E-state index in [1.165, 1.54) is 5.56 Å². The monoisotopic (exact) mass is 352 g/mol. The molecule has 134 valence electrons. The van der Waals surface area contributed by atoms with Crippen molar-refractivity contribution in [2.75, 3.05) is 18.8 Å². The van der Waals surface area contributed by atoms with E-state index in [2.05, 4.69) is 11.4 Å². The maximum Gasteiger partial charge on any atom is 0.223 e. The highest BCUT2D eigenvalue weighted by Crippen LogP contribution is 2.20. The molecule has 1 amide bonds. The second-order valence-corrected chi connectivity index (χ2v) is 8.64. The Balaban J connectivity index is 1.80. The summed E-state index contributed by atoms with van der Waals surface area (Å²) in [5.74, 6) is 0.155. The summed E-state index contributed by atoms with van der Waals surface area (Å²) in [6, 6.07) is 8.07. The van der Waals surface area contributed by atoms with E-state index >= 15 is 0 Å². The lowest BCUT2D eigenvalue weighted by atomic mass is 9.97. The second-order valence-electron chi connectivity index (χ2n) is 6.55. The van der Waals surface area contributed by atoms with E-state index < -0.39 is 10.0 Å². The maximum atomic E-state index is 12.3. The third-order valence-corrected chi connectivity index (χ3v) is 6.48. The molecule has 0 radical (unpaired) electrons. The van der Waals surface area contributed by atoms with Crippen molar-refractivity contribution in [3.8, 4) is 0 Å². The zero-order valence-corrected chi connectivity index (χ0v) is 15.4. The Kier molecular flexibility index (Phi) is 6.80. The molecule has 1 N–H and O–H groups in total. The van der Waals surface area contributed by atoms with Crippen molar-refractivity contribution in [1.29, 1.82) is 0 Å². The van der Waals surface area contributed by atoms with Crippen molar-refractivity contribution < 1.29 is 13.2 Å². The van der Waals surface area contributed by atoms with Crippen molar-refractivity contribution in [3.05, 3.63) is 35.4 Å². The standard InChI is InChI=1S/C18H28N2O3S/c1-3-4-12-24(22,23)20-10-8-17(9-11-20)18(21)19-14-16-7-5-6-15(2)13-16/h5-7,13,17H,3-4,8-12,14H2,1-2H3,(H,19,21). The number of benzene rings is 1. The van der Waals surface area contributed by atoms with Crippen LogP contribution in [0, 0.1) is 12.8 Å². The van der Waals surface area contributed by atoms with E-state index in [0.29, 0.717) is 38.9 Å². The van der Waals surface area contributed by atoms with E-state index in [1.807, 2.05) is 32.0 Å². The van der Waals surface area contributed by atoms with Gasteiger partial charge in [0, 0.05) is 25.6 Å². The number of piperidine rings is 1. The van der Waals surface area contributed by atoms with E-state index in [9.17, 15) is 13.2 Å². The zero-order chi connectivity index (χ0) is 17.6. The third-order valence-electron chi connectivity index (χ3n) is 4.52. The number of sulfonamides is 1. The van der Waals surface area contributed by atoms with Crippen LogP contribution in [0.1, 0.15) is 43.7 Å². The number of nitrogens with one attached hydrogen (secondary N) is 1. The Bertz CT molecular complexity index is 650. The number of hydrogen-bond acceptors (Lipinski definition) is 3. The van der Waals surface area contributed by atoms with Crippen molar-refractivity contribution in [3.63, 3.8) is 0 Å². The first-order chi connectivity index (χ1) is 11.4. The van der Waals surface area contributed by atoms with Crippen LogP contribution in [0.3, 0.4) is 0 Å². The van der Waals surface area contributed by atoms with Gasteiger partial charge < -0.3 is 5.32 Å². The molecule has 0 aromatic heterocycles. The third kappa shape index (κ3) is 5.31. The van der Waals surface area contributed by atoms with Crippen LogP contribution in [0.15, 0.2) is 24.3 Å². The minimum atomic E-state index is -3.15. The van der Waals surface area contributed by atoms with Crippen LogP contribution in [-0.2, 0) is 21.4 Å². The Hall–Kier alpha value is -1.40. The van der Waals surface area contributed by atoms with Crippen molar-refractivity contribution in [2.45, 2.75) is 46.1 Å². The molecule has 1 aromatic carbocycles. The highest BCUT2D eigenvalue weighted by atomic mass is 32.2. The average molecular weight is 353 g/mol. The van der Waals surface area contributed by atoms with Crippen LogP contribution in [0.25, 0.3) is 0 Å². The van der Waals surface area contributed by atoms with Gasteiger partial charge in [-0.1, -0.05) is 43.2 Å². The number of carbonyl (C=O) groups excluding carboxylic acids is 1. The molecule has 0 atom stereocenters. The summed E-state index contributed by atoms with van der Waals surface area (Å²) in [6.07, 6.45) is 2.77. The van der Waals surface area contributed by atoms with E-state index in [4.69, 9.17) is 0 Å². The van der Waals surface area contributed by atoms with Gasteiger partial charge >= 0.3 is 0 Å². The minimum absolute atomic E-state index is 0.0297. The Morgan fingerprint density at radius 3 is 2.62 bits per heavy atom. The van der Waals surface area contributed by atoms with Gasteiger partial charge in [0.05, 0.1) is 5.75 Å². The number of unbranched alkanes of at least 4 members (excludes halogenated alkanes) is 1. The molecule has 1 aromatic rings. The summed E-state index contributed by atoms with van der Waals surface area (Å²) in [6.45, 7) is 5.44. The molecule has 0 bridgehead atoms. The quantitative estimate of drug-likeness (QED) is 0.820. The van der Waals surface area contributed by atoms with Gasteiger partial charge in [-0.2, -0.15) is 0 Å². The van der Waals surface area contributed by atoms with Gasteiger partial charge in [0.2, 0.25) is 15.9 Å². The molecule has 6 heteroatoms. The smallest absolute Gasteiger partial charge is 0.223 e. The number of amides is 1. The molecule has 0 saturated carbocycles. The molecular formula is C18H28N2O3S. The van der Waals surface area contributed by atoms with Crippen LogP contribution < -0.4 is 5.32 Å². The summed E-state index contributed by atoms with van der Waals surface area (Å²) >= 11 is 0. The topological polar surface area (TPSA) is 66.5 Å². The fourth-order valence-corrected chi connectivity index (χ4v) is 4.69. The van der Waals surface area contributed by atoms with Gasteiger partial charge in [-0.05, 0) is 31.7 Å². The molecular weight excluding hydrogens is 324 g/mol. The summed E-state index contributed by atoms with van der Waals surface area (Å²) in [5.41, 5.74) is 2.26. The van der Waals surface area contributed by atoms with Crippen LogP contribution in [0.4, 0.5) is 0 Å². The Labute approximate surface area is 145 Å². The Morgan fingerprint density at radius 2 is 2.00 bits per heavy atom. The van der Waals surface area contributed by atoms with Gasteiger partial charge in [-0.15, -0.1) is 0 Å².